The topological polar surface area (TPSA) is 73.7 Å². The number of benzene rings is 2. The zero-order valence-corrected chi connectivity index (χ0v) is 16.6. The molecule has 6 heteroatoms. The third-order valence-corrected chi connectivity index (χ3v) is 4.36. The molecular weight excluding hydrogens is 394 g/mol. The lowest BCUT2D eigenvalue weighted by Crippen LogP contribution is -2.45. The number of nitrogens with zero attached hydrogens (tertiary/aromatic N) is 1. The van der Waals surface area contributed by atoms with E-state index in [9.17, 15) is 9.90 Å². The van der Waals surface area contributed by atoms with Gasteiger partial charge in [-0.05, 0) is 56.2 Å². The molecule has 3 N–H and O–H groups in total. The van der Waals surface area contributed by atoms with Gasteiger partial charge in [0.05, 0.1) is 11.8 Å². The fourth-order valence-electron chi connectivity index (χ4n) is 2.35. The van der Waals surface area contributed by atoms with Gasteiger partial charge in [0.2, 0.25) is 0 Å². The lowest BCUT2D eigenvalue weighted by molar-refractivity contribution is 0.230. The number of phenolic OH excluding ortho intramolecular Hbond substituents is 1. The number of hydrazone groups is 1. The molecule has 0 aromatic heterocycles. The second kappa shape index (κ2) is 8.19. The maximum atomic E-state index is 12.2. The number of urea groups is 1. The number of amides is 2. The van der Waals surface area contributed by atoms with Gasteiger partial charge in [-0.1, -0.05) is 46.3 Å². The van der Waals surface area contributed by atoms with E-state index in [1.807, 2.05) is 45.0 Å². The van der Waals surface area contributed by atoms with E-state index < -0.39 is 11.6 Å². The smallest absolute Gasteiger partial charge is 0.335 e. The lowest BCUT2D eigenvalue weighted by atomic mass is 9.92. The highest BCUT2D eigenvalue weighted by molar-refractivity contribution is 9.10. The summed E-state index contributed by atoms with van der Waals surface area (Å²) in [5, 5.41) is 16.5. The van der Waals surface area contributed by atoms with E-state index in [0.29, 0.717) is 5.56 Å². The first-order valence-corrected chi connectivity index (χ1v) is 8.84. The van der Waals surface area contributed by atoms with E-state index >= 15 is 0 Å². The first-order valence-electron chi connectivity index (χ1n) is 8.05. The first kappa shape index (κ1) is 19.7. The van der Waals surface area contributed by atoms with Crippen LogP contribution in [-0.4, -0.2) is 17.4 Å². The zero-order valence-electron chi connectivity index (χ0n) is 15.0. The van der Waals surface area contributed by atoms with Crippen molar-refractivity contribution in [3.63, 3.8) is 0 Å². The van der Waals surface area contributed by atoms with Crippen molar-refractivity contribution in [1.29, 1.82) is 0 Å². The number of allylic oxidation sites excluding steroid dienone is 1. The van der Waals surface area contributed by atoms with Crippen molar-refractivity contribution in [2.45, 2.75) is 26.3 Å². The van der Waals surface area contributed by atoms with Crippen LogP contribution in [0.2, 0.25) is 0 Å². The second-order valence-electron chi connectivity index (χ2n) is 6.51. The van der Waals surface area contributed by atoms with Gasteiger partial charge in [0.25, 0.3) is 0 Å². The summed E-state index contributed by atoms with van der Waals surface area (Å²) < 4.78 is 0.805. The maximum Gasteiger partial charge on any atom is 0.335 e. The Bertz CT molecular complexity index is 860. The van der Waals surface area contributed by atoms with E-state index in [0.717, 1.165) is 21.2 Å². The molecule has 0 atom stereocenters. The molecule has 0 fully saturated rings. The van der Waals surface area contributed by atoms with Gasteiger partial charge in [0, 0.05) is 10.0 Å². The van der Waals surface area contributed by atoms with Crippen molar-refractivity contribution in [2.75, 3.05) is 0 Å². The van der Waals surface area contributed by atoms with Crippen molar-refractivity contribution >= 4 is 33.7 Å². The maximum absolute atomic E-state index is 12.2. The first-order chi connectivity index (χ1) is 12.2. The highest BCUT2D eigenvalue weighted by atomic mass is 79.9. The van der Waals surface area contributed by atoms with Gasteiger partial charge in [-0.15, -0.1) is 0 Å². The molecule has 2 amide bonds. The summed E-state index contributed by atoms with van der Waals surface area (Å²) in [5.74, 6) is 0.0797. The zero-order chi connectivity index (χ0) is 19.3. The van der Waals surface area contributed by atoms with Crippen molar-refractivity contribution in [2.24, 2.45) is 5.10 Å². The Kier molecular flexibility index (Phi) is 6.21. The van der Waals surface area contributed by atoms with Crippen molar-refractivity contribution in [1.82, 2.24) is 10.7 Å². The van der Waals surface area contributed by atoms with Crippen LogP contribution in [0.3, 0.4) is 0 Å². The minimum Gasteiger partial charge on any atom is -0.507 e. The minimum atomic E-state index is -0.594. The Hall–Kier alpha value is -2.60. The van der Waals surface area contributed by atoms with E-state index in [4.69, 9.17) is 0 Å². The van der Waals surface area contributed by atoms with Crippen molar-refractivity contribution in [3.8, 4) is 5.75 Å². The van der Waals surface area contributed by atoms with Gasteiger partial charge in [-0.2, -0.15) is 5.10 Å². The van der Waals surface area contributed by atoms with Crippen molar-refractivity contribution < 1.29 is 9.90 Å². The van der Waals surface area contributed by atoms with E-state index in [1.54, 1.807) is 18.2 Å². The number of aromatic hydroxyl groups is 1. The van der Waals surface area contributed by atoms with Gasteiger partial charge in [-0.3, -0.25) is 0 Å². The molecule has 2 rings (SSSR count). The van der Waals surface area contributed by atoms with Gasteiger partial charge < -0.3 is 10.4 Å². The standard InChI is InChI=1S/C20H22BrN3O2/c1-13(2)14-6-5-7-16(10-14)20(3,4)23-19(26)24-22-12-15-11-17(21)8-9-18(15)25/h5-12,25H,1H2,2-4H3,(H2,23,24,26). The molecular formula is C20H22BrN3O2. The Morgan fingerprint density at radius 3 is 2.69 bits per heavy atom. The highest BCUT2D eigenvalue weighted by Crippen LogP contribution is 2.23. The van der Waals surface area contributed by atoms with Crippen LogP contribution in [0.1, 0.15) is 37.5 Å². The fraction of sp³-hybridized carbons (Fsp3) is 0.200. The molecule has 2 aromatic rings. The quantitative estimate of drug-likeness (QED) is 0.486. The second-order valence-corrected chi connectivity index (χ2v) is 7.43. The SMILES string of the molecule is C=C(C)c1cccc(C(C)(C)NC(=O)NN=Cc2cc(Br)ccc2O)c1. The Balaban J connectivity index is 2.04. The molecule has 0 aliphatic carbocycles. The average molecular weight is 416 g/mol. The number of halogens is 1. The Labute approximate surface area is 162 Å². The third-order valence-electron chi connectivity index (χ3n) is 3.86. The molecule has 0 unspecified atom stereocenters. The number of phenols is 1. The molecule has 0 aliphatic rings. The van der Waals surface area contributed by atoms with E-state index in [1.165, 1.54) is 6.21 Å². The number of hydrogen-bond acceptors (Lipinski definition) is 3. The van der Waals surface area contributed by atoms with Crippen LogP contribution in [0.25, 0.3) is 5.57 Å². The fourth-order valence-corrected chi connectivity index (χ4v) is 2.73. The molecule has 0 aliphatic heterocycles. The summed E-state index contributed by atoms with van der Waals surface area (Å²) in [6.45, 7) is 9.71. The van der Waals surface area contributed by atoms with E-state index in [-0.39, 0.29) is 5.75 Å². The number of hydrogen-bond donors (Lipinski definition) is 3. The molecule has 0 saturated heterocycles. The van der Waals surface area contributed by atoms with Gasteiger partial charge in [0.1, 0.15) is 5.75 Å². The predicted molar refractivity (Wildman–Crippen MR) is 109 cm³/mol. The van der Waals surface area contributed by atoms with Gasteiger partial charge >= 0.3 is 6.03 Å². The van der Waals surface area contributed by atoms with Crippen LogP contribution in [0.15, 0.2) is 58.6 Å². The molecule has 5 nitrogen and oxygen atoms in total. The monoisotopic (exact) mass is 415 g/mol. The van der Waals surface area contributed by atoms with Crippen LogP contribution >= 0.6 is 15.9 Å². The summed E-state index contributed by atoms with van der Waals surface area (Å²) in [5.41, 5.74) is 5.27. The third kappa shape index (κ3) is 5.20. The van der Waals surface area contributed by atoms with Gasteiger partial charge in [0.15, 0.2) is 0 Å². The van der Waals surface area contributed by atoms with Crippen LogP contribution in [-0.2, 0) is 5.54 Å². The molecule has 0 bridgehead atoms. The molecule has 2 aromatic carbocycles. The average Bonchev–Trinajstić information content (AvgIpc) is 2.57. The number of carbonyl (C=O) groups excluding carboxylic acids is 1. The highest BCUT2D eigenvalue weighted by Gasteiger charge is 2.23. The molecule has 26 heavy (non-hydrogen) atoms. The minimum absolute atomic E-state index is 0.0797. The summed E-state index contributed by atoms with van der Waals surface area (Å²) in [6.07, 6.45) is 1.38. The Morgan fingerprint density at radius 2 is 2.00 bits per heavy atom. The number of nitrogens with one attached hydrogen (secondary N) is 2. The van der Waals surface area contributed by atoms with Crippen LogP contribution in [0.5, 0.6) is 5.75 Å². The molecule has 0 saturated carbocycles. The van der Waals surface area contributed by atoms with Crippen molar-refractivity contribution in [3.05, 3.63) is 70.2 Å². The summed E-state index contributed by atoms with van der Waals surface area (Å²) >= 11 is 3.32. The molecule has 136 valence electrons. The lowest BCUT2D eigenvalue weighted by Gasteiger charge is -2.27. The predicted octanol–water partition coefficient (Wildman–Crippen LogP) is 4.76. The number of carbonyl (C=O) groups is 1. The van der Waals surface area contributed by atoms with E-state index in [2.05, 4.69) is 38.4 Å². The summed E-state index contributed by atoms with van der Waals surface area (Å²) in [6, 6.07) is 12.4. The summed E-state index contributed by atoms with van der Waals surface area (Å²) in [7, 11) is 0. The van der Waals surface area contributed by atoms with Crippen LogP contribution in [0.4, 0.5) is 4.79 Å². The molecule has 0 spiro atoms. The number of rotatable bonds is 5. The molecule has 0 radical (unpaired) electrons. The molecule has 0 heterocycles. The van der Waals surface area contributed by atoms with Crippen LogP contribution < -0.4 is 10.7 Å². The normalized spacial score (nSPS) is 11.4. The Morgan fingerprint density at radius 1 is 1.27 bits per heavy atom. The van der Waals surface area contributed by atoms with Crippen LogP contribution in [0, 0.1) is 0 Å². The largest absolute Gasteiger partial charge is 0.507 e. The van der Waals surface area contributed by atoms with Gasteiger partial charge in [-0.25, -0.2) is 10.2 Å². The summed E-state index contributed by atoms with van der Waals surface area (Å²) in [4.78, 5) is 12.2.